The lowest BCUT2D eigenvalue weighted by molar-refractivity contribution is -0.135. The molecule has 2 aromatic carbocycles. The summed E-state index contributed by atoms with van der Waals surface area (Å²) < 4.78 is 0. The van der Waals surface area contributed by atoms with Crippen LogP contribution in [0.5, 0.6) is 0 Å². The van der Waals surface area contributed by atoms with Crippen LogP contribution in [0.3, 0.4) is 0 Å². The van der Waals surface area contributed by atoms with E-state index in [1.54, 1.807) is 36.5 Å². The van der Waals surface area contributed by atoms with Crippen molar-refractivity contribution in [2.24, 2.45) is 38.7 Å². The molecule has 0 saturated heterocycles. The first kappa shape index (κ1) is 54.8. The molecular formula is C44H66N14O7S2. The van der Waals surface area contributed by atoms with Crippen molar-refractivity contribution in [1.29, 1.82) is 0 Å². The van der Waals surface area contributed by atoms with Crippen LogP contribution in [0.25, 0.3) is 10.9 Å². The summed E-state index contributed by atoms with van der Waals surface area (Å²) in [5, 5.41) is 17.3. The third kappa shape index (κ3) is 19.9. The molecule has 0 fully saturated rings. The zero-order chi connectivity index (χ0) is 49.3. The quantitative estimate of drug-likeness (QED) is 0.0217. The number of nitrogens with one attached hydrogen (secondary N) is 7. The summed E-state index contributed by atoms with van der Waals surface area (Å²) in [6.07, 6.45) is 6.71. The molecule has 0 saturated carbocycles. The Bertz CT molecular complexity index is 2170. The number of amides is 7. The zero-order valence-corrected chi connectivity index (χ0v) is 39.8. The minimum atomic E-state index is -1.27. The van der Waals surface area contributed by atoms with E-state index in [2.05, 4.69) is 46.9 Å². The molecule has 0 aliphatic heterocycles. The lowest BCUT2D eigenvalue weighted by Crippen LogP contribution is -2.60. The normalized spacial score (nSPS) is 13.6. The number of carbonyl (C=O) groups is 7. The highest BCUT2D eigenvalue weighted by atomic mass is 32.2. The monoisotopic (exact) mass is 966 g/mol. The number of aromatic amines is 1. The average Bonchev–Trinajstić information content (AvgIpc) is 3.70. The summed E-state index contributed by atoms with van der Waals surface area (Å²) in [6.45, 7) is 1.67. The second-order valence-corrected chi connectivity index (χ2v) is 17.6. The van der Waals surface area contributed by atoms with Gasteiger partial charge in [0, 0.05) is 50.0 Å². The summed E-state index contributed by atoms with van der Waals surface area (Å²) in [4.78, 5) is 106. The molecule has 7 amide bonds. The minimum absolute atomic E-state index is 0.0171. The van der Waals surface area contributed by atoms with E-state index in [1.165, 1.54) is 30.4 Å². The van der Waals surface area contributed by atoms with Gasteiger partial charge in [0.15, 0.2) is 11.9 Å². The topological polar surface area (TPSA) is 362 Å². The van der Waals surface area contributed by atoms with E-state index in [4.69, 9.17) is 28.7 Å². The molecule has 0 spiro atoms. The Morgan fingerprint density at radius 3 is 1.48 bits per heavy atom. The smallest absolute Gasteiger partial charge is 0.243 e. The van der Waals surface area contributed by atoms with Crippen LogP contribution in [0.1, 0.15) is 56.6 Å². The number of carbonyl (C=O) groups excluding carboxylic acids is 7. The molecule has 1 aromatic heterocycles. The van der Waals surface area contributed by atoms with Crippen LogP contribution >= 0.6 is 23.5 Å². The van der Waals surface area contributed by atoms with E-state index >= 15 is 0 Å². The first-order chi connectivity index (χ1) is 32.0. The summed E-state index contributed by atoms with van der Waals surface area (Å²) in [7, 11) is 0. The van der Waals surface area contributed by atoms with Crippen LogP contribution < -0.4 is 60.6 Å². The molecule has 366 valence electrons. The molecule has 0 bridgehead atoms. The number of thioether (sulfide) groups is 2. The van der Waals surface area contributed by atoms with Crippen LogP contribution in [-0.4, -0.2) is 132 Å². The number of nitrogens with two attached hydrogens (primary N) is 5. The van der Waals surface area contributed by atoms with Crippen LogP contribution in [0.2, 0.25) is 0 Å². The fourth-order valence-corrected chi connectivity index (χ4v) is 7.91. The highest BCUT2D eigenvalue weighted by molar-refractivity contribution is 7.98. The van der Waals surface area contributed by atoms with Crippen molar-refractivity contribution in [3.8, 4) is 0 Å². The van der Waals surface area contributed by atoms with Crippen molar-refractivity contribution < 1.29 is 33.6 Å². The number of nitrogens with zero attached hydrogens (tertiary/aromatic N) is 2. The number of aliphatic imine (C=N–C) groups is 2. The fourth-order valence-electron chi connectivity index (χ4n) is 6.97. The van der Waals surface area contributed by atoms with E-state index in [1.807, 2.05) is 36.8 Å². The number of hydrogen-bond donors (Lipinski definition) is 12. The third-order valence-electron chi connectivity index (χ3n) is 10.4. The van der Waals surface area contributed by atoms with E-state index in [-0.39, 0.29) is 63.5 Å². The SMILES string of the molecule is CSCC[C@H](NC(=O)[C@H](Cc1c[nH]c2ccccc12)NC(=O)[C@H](CCSC)NC(=O)[C@H](Cc1ccccc1)NC(=O)[C@H](CCCN=C(N)N)NC(C)=O)C(=O)N[C@@H](CCCN=C(N)N)C(N)=O. The molecule has 6 atom stereocenters. The van der Waals surface area contributed by atoms with Gasteiger partial charge in [-0.25, -0.2) is 0 Å². The first-order valence-electron chi connectivity index (χ1n) is 21.8. The Morgan fingerprint density at radius 2 is 0.985 bits per heavy atom. The van der Waals surface area contributed by atoms with E-state index in [0.29, 0.717) is 35.5 Å². The van der Waals surface area contributed by atoms with E-state index in [0.717, 1.165) is 10.9 Å². The molecule has 3 aromatic rings. The number of rotatable bonds is 30. The highest BCUT2D eigenvalue weighted by Crippen LogP contribution is 2.20. The first-order valence-corrected chi connectivity index (χ1v) is 24.6. The van der Waals surface area contributed by atoms with Gasteiger partial charge in [-0.3, -0.25) is 43.5 Å². The summed E-state index contributed by atoms with van der Waals surface area (Å²) >= 11 is 2.87. The van der Waals surface area contributed by atoms with Crippen molar-refractivity contribution in [3.63, 3.8) is 0 Å². The minimum Gasteiger partial charge on any atom is -0.370 e. The Hall–Kier alpha value is -6.49. The molecule has 23 heteroatoms. The molecule has 0 radical (unpaired) electrons. The maximum atomic E-state index is 14.5. The van der Waals surface area contributed by atoms with Crippen molar-refractivity contribution >= 4 is 87.7 Å². The fraction of sp³-hybridized carbons (Fsp3) is 0.477. The van der Waals surface area contributed by atoms with Crippen molar-refractivity contribution in [1.82, 2.24) is 36.9 Å². The summed E-state index contributed by atoms with van der Waals surface area (Å²) in [5.41, 5.74) is 29.5. The van der Waals surface area contributed by atoms with Gasteiger partial charge in [-0.2, -0.15) is 23.5 Å². The van der Waals surface area contributed by atoms with Gasteiger partial charge in [0.1, 0.15) is 36.3 Å². The molecule has 0 aliphatic carbocycles. The van der Waals surface area contributed by atoms with E-state index < -0.39 is 77.6 Å². The second-order valence-electron chi connectivity index (χ2n) is 15.7. The second kappa shape index (κ2) is 29.2. The van der Waals surface area contributed by atoms with Crippen LogP contribution in [0.4, 0.5) is 0 Å². The van der Waals surface area contributed by atoms with Gasteiger partial charge in [-0.1, -0.05) is 48.5 Å². The van der Waals surface area contributed by atoms with Gasteiger partial charge in [-0.15, -0.1) is 0 Å². The molecule has 3 rings (SSSR count). The Morgan fingerprint density at radius 1 is 0.552 bits per heavy atom. The van der Waals surface area contributed by atoms with Gasteiger partial charge in [-0.05, 0) is 79.7 Å². The predicted molar refractivity (Wildman–Crippen MR) is 264 cm³/mol. The highest BCUT2D eigenvalue weighted by Gasteiger charge is 2.33. The summed E-state index contributed by atoms with van der Waals surface area (Å²) in [6, 6.07) is 9.46. The Labute approximate surface area is 398 Å². The van der Waals surface area contributed by atoms with Gasteiger partial charge < -0.3 is 65.6 Å². The molecule has 17 N–H and O–H groups in total. The molecule has 21 nitrogen and oxygen atoms in total. The van der Waals surface area contributed by atoms with E-state index in [9.17, 15) is 33.6 Å². The number of para-hydroxylation sites is 1. The molecule has 1 heterocycles. The number of benzene rings is 2. The largest absolute Gasteiger partial charge is 0.370 e. The number of guanidine groups is 2. The van der Waals surface area contributed by atoms with Crippen LogP contribution in [-0.2, 0) is 46.4 Å². The van der Waals surface area contributed by atoms with Crippen molar-refractivity contribution in [3.05, 3.63) is 71.9 Å². The number of primary amides is 1. The lowest BCUT2D eigenvalue weighted by Gasteiger charge is -2.27. The van der Waals surface area contributed by atoms with Crippen LogP contribution in [0.15, 0.2) is 70.8 Å². The predicted octanol–water partition coefficient (Wildman–Crippen LogP) is -1.02. The van der Waals surface area contributed by atoms with Gasteiger partial charge in [0.25, 0.3) is 0 Å². The van der Waals surface area contributed by atoms with Crippen molar-refractivity contribution in [2.75, 3.05) is 37.1 Å². The molecule has 67 heavy (non-hydrogen) atoms. The molecule has 0 aliphatic rings. The van der Waals surface area contributed by atoms with Gasteiger partial charge >= 0.3 is 0 Å². The molecule has 0 unspecified atom stereocenters. The lowest BCUT2D eigenvalue weighted by atomic mass is 10.0. The number of H-pyrrole nitrogens is 1. The third-order valence-corrected chi connectivity index (χ3v) is 11.7. The summed E-state index contributed by atoms with van der Waals surface area (Å²) in [5.74, 6) is -3.97. The number of fused-ring (bicyclic) bond motifs is 1. The number of hydrogen-bond acceptors (Lipinski definition) is 11. The zero-order valence-electron chi connectivity index (χ0n) is 38.2. The van der Waals surface area contributed by atoms with Crippen molar-refractivity contribution in [2.45, 2.75) is 94.5 Å². The van der Waals surface area contributed by atoms with Gasteiger partial charge in [0.05, 0.1) is 0 Å². The number of aromatic nitrogens is 1. The maximum Gasteiger partial charge on any atom is 0.243 e. The van der Waals surface area contributed by atoms with Gasteiger partial charge in [0.2, 0.25) is 41.4 Å². The average molecular weight is 967 g/mol. The van der Waals surface area contributed by atoms with Crippen LogP contribution in [0, 0.1) is 0 Å². The standard InChI is InChI=1S/C44H66N14O7S2/c1-26(59)53-32(16-10-20-51-44(48)49)38(61)57-35(23-27-11-5-4-6-12-27)41(64)55-34(18-22-67-3)40(63)58-36(24-28-25-52-30-14-8-7-13-29(28)30)42(65)56-33(17-21-66-2)39(62)54-31(37(45)60)15-9-19-50-43(46)47/h4-8,11-14,25,31-36,52H,9-10,15-24H2,1-3H3,(H2,45,60)(H,53,59)(H,54,62)(H,55,64)(H,56,65)(H,57,61)(H,58,63)(H4,46,47,50)(H4,48,49,51)/t31-,32-,33-,34-,35-,36-/m0/s1. The Kier molecular flexibility index (Phi) is 23.9. The maximum absolute atomic E-state index is 14.5. The molecular weight excluding hydrogens is 901 g/mol. The Balaban J connectivity index is 1.94.